The van der Waals surface area contributed by atoms with E-state index >= 15 is 0 Å². The lowest BCUT2D eigenvalue weighted by Gasteiger charge is -2.31. The van der Waals surface area contributed by atoms with Crippen LogP contribution in [0.1, 0.15) is 30.4 Å². The summed E-state index contributed by atoms with van der Waals surface area (Å²) in [5, 5.41) is 11.4. The molecule has 0 amide bonds. The average molecular weight is 339 g/mol. The Kier molecular flexibility index (Phi) is 5.21. The lowest BCUT2D eigenvalue weighted by atomic mass is 9.86. The number of hydrogen-bond acceptors (Lipinski definition) is 4. The lowest BCUT2D eigenvalue weighted by Crippen LogP contribution is -2.44. The molecule has 0 aromatic heterocycles. The molecule has 1 saturated carbocycles. The van der Waals surface area contributed by atoms with Crippen molar-refractivity contribution in [3.8, 4) is 0 Å². The largest absolute Gasteiger partial charge is 0.458 e. The summed E-state index contributed by atoms with van der Waals surface area (Å²) in [5.41, 5.74) is -0.765. The molecule has 2 aromatic carbocycles. The molecule has 0 aliphatic heterocycles. The Hall–Kier alpha value is -2.17. The van der Waals surface area contributed by atoms with E-state index in [2.05, 4.69) is 4.90 Å². The Bertz CT molecular complexity index is 660. The molecule has 1 N–H and O–H groups in total. The normalized spacial score (nSPS) is 20.6. The van der Waals surface area contributed by atoms with E-state index in [9.17, 15) is 9.90 Å². The van der Waals surface area contributed by atoms with Crippen LogP contribution in [0.15, 0.2) is 60.7 Å². The second-order valence-electron chi connectivity index (χ2n) is 6.85. The van der Waals surface area contributed by atoms with Crippen LogP contribution in [0, 0.1) is 0 Å². The van der Waals surface area contributed by atoms with Crippen molar-refractivity contribution in [3.63, 3.8) is 0 Å². The second-order valence-corrected chi connectivity index (χ2v) is 6.85. The minimum absolute atomic E-state index is 0.193. The van der Waals surface area contributed by atoms with Crippen molar-refractivity contribution in [1.29, 1.82) is 0 Å². The van der Waals surface area contributed by atoms with Gasteiger partial charge in [-0.05, 0) is 44.5 Å². The summed E-state index contributed by atoms with van der Waals surface area (Å²) in [6, 6.07) is 18.2. The minimum atomic E-state index is -1.80. The molecule has 0 unspecified atom stereocenters. The van der Waals surface area contributed by atoms with Crippen molar-refractivity contribution in [3.05, 3.63) is 71.8 Å². The van der Waals surface area contributed by atoms with E-state index in [0.717, 1.165) is 19.3 Å². The van der Waals surface area contributed by atoms with Crippen LogP contribution in [-0.4, -0.2) is 42.2 Å². The third-order valence-corrected chi connectivity index (χ3v) is 5.02. The molecule has 1 aliphatic carbocycles. The highest BCUT2D eigenvalue weighted by atomic mass is 16.6. The number of likely N-dealkylation sites (N-methyl/N-ethyl adjacent to an activating group) is 1. The highest BCUT2D eigenvalue weighted by Gasteiger charge is 2.44. The Morgan fingerprint density at radius 2 is 1.52 bits per heavy atom. The first-order chi connectivity index (χ1) is 12.0. The molecule has 2 atom stereocenters. The second kappa shape index (κ2) is 7.38. The molecule has 4 heteroatoms. The predicted octanol–water partition coefficient (Wildman–Crippen LogP) is 2.95. The molecule has 0 spiro atoms. The van der Waals surface area contributed by atoms with Gasteiger partial charge >= 0.3 is 5.97 Å². The molecule has 0 heterocycles. The molecule has 3 rings (SSSR count). The molecular weight excluding hydrogens is 314 g/mol. The van der Waals surface area contributed by atoms with Crippen LogP contribution in [0.5, 0.6) is 0 Å². The Balaban J connectivity index is 1.94. The number of carbonyl (C=O) groups excluding carboxylic acids is 1. The van der Waals surface area contributed by atoms with Crippen LogP contribution >= 0.6 is 0 Å². The average Bonchev–Trinajstić information content (AvgIpc) is 3.11. The number of benzene rings is 2. The summed E-state index contributed by atoms with van der Waals surface area (Å²) < 4.78 is 5.83. The van der Waals surface area contributed by atoms with Crippen molar-refractivity contribution in [1.82, 2.24) is 4.90 Å². The monoisotopic (exact) mass is 339 g/mol. The molecule has 0 saturated heterocycles. The van der Waals surface area contributed by atoms with E-state index < -0.39 is 11.6 Å². The standard InChI is InChI=1S/C21H25NO3/c1-22(2)18-14-9-15-19(18)25-20(23)21(24,16-10-5-3-6-11-16)17-12-7-4-8-13-17/h3-8,10-13,18-19,24H,9,14-15H2,1-2H3/t18-,19-/m1/s1. The topological polar surface area (TPSA) is 49.8 Å². The quantitative estimate of drug-likeness (QED) is 0.851. The Morgan fingerprint density at radius 3 is 2.00 bits per heavy atom. The van der Waals surface area contributed by atoms with Gasteiger partial charge in [0.2, 0.25) is 5.60 Å². The van der Waals surface area contributed by atoms with Crippen molar-refractivity contribution >= 4 is 5.97 Å². The fraction of sp³-hybridized carbons (Fsp3) is 0.381. The number of rotatable bonds is 5. The van der Waals surface area contributed by atoms with Crippen LogP contribution in [0.3, 0.4) is 0 Å². The van der Waals surface area contributed by atoms with E-state index in [1.165, 1.54) is 0 Å². The van der Waals surface area contributed by atoms with Gasteiger partial charge < -0.3 is 14.7 Å². The maximum Gasteiger partial charge on any atom is 0.348 e. The highest BCUT2D eigenvalue weighted by molar-refractivity contribution is 5.85. The van der Waals surface area contributed by atoms with Crippen LogP contribution in [0.2, 0.25) is 0 Å². The molecule has 0 bridgehead atoms. The number of carbonyl (C=O) groups is 1. The summed E-state index contributed by atoms with van der Waals surface area (Å²) in [6.45, 7) is 0. The van der Waals surface area contributed by atoms with E-state index in [0.29, 0.717) is 11.1 Å². The first-order valence-electron chi connectivity index (χ1n) is 8.74. The van der Waals surface area contributed by atoms with Crippen molar-refractivity contribution in [2.45, 2.75) is 37.0 Å². The molecule has 132 valence electrons. The third kappa shape index (κ3) is 3.46. The number of ether oxygens (including phenoxy) is 1. The molecule has 0 radical (unpaired) electrons. The first kappa shape index (κ1) is 17.6. The summed E-state index contributed by atoms with van der Waals surface area (Å²) in [4.78, 5) is 15.2. The molecule has 1 fully saturated rings. The van der Waals surface area contributed by atoms with Crippen LogP contribution < -0.4 is 0 Å². The van der Waals surface area contributed by atoms with E-state index in [-0.39, 0.29) is 12.1 Å². The molecule has 2 aromatic rings. The smallest absolute Gasteiger partial charge is 0.348 e. The SMILES string of the molecule is CN(C)[C@@H]1CCC[C@H]1OC(=O)C(O)(c1ccccc1)c1ccccc1. The van der Waals surface area contributed by atoms with E-state index in [1.807, 2.05) is 50.5 Å². The third-order valence-electron chi connectivity index (χ3n) is 5.02. The van der Waals surface area contributed by atoms with Gasteiger partial charge in [0.25, 0.3) is 0 Å². The molecule has 1 aliphatic rings. The van der Waals surface area contributed by atoms with Crippen molar-refractivity contribution < 1.29 is 14.6 Å². The summed E-state index contributed by atoms with van der Waals surface area (Å²) in [6.07, 6.45) is 2.66. The highest BCUT2D eigenvalue weighted by Crippen LogP contribution is 2.34. The van der Waals surface area contributed by atoms with Crippen molar-refractivity contribution in [2.24, 2.45) is 0 Å². The predicted molar refractivity (Wildman–Crippen MR) is 97.1 cm³/mol. The van der Waals surface area contributed by atoms with Crippen LogP contribution in [-0.2, 0) is 15.1 Å². The van der Waals surface area contributed by atoms with Gasteiger partial charge in [-0.1, -0.05) is 60.7 Å². The number of nitrogens with zero attached hydrogens (tertiary/aromatic N) is 1. The first-order valence-corrected chi connectivity index (χ1v) is 8.74. The van der Waals surface area contributed by atoms with Gasteiger partial charge in [-0.2, -0.15) is 0 Å². The van der Waals surface area contributed by atoms with Gasteiger partial charge in [0.15, 0.2) is 0 Å². The van der Waals surface area contributed by atoms with E-state index in [1.54, 1.807) is 24.3 Å². The zero-order valence-corrected chi connectivity index (χ0v) is 14.8. The van der Waals surface area contributed by atoms with E-state index in [4.69, 9.17) is 4.74 Å². The lowest BCUT2D eigenvalue weighted by molar-refractivity contribution is -0.169. The van der Waals surface area contributed by atoms with Gasteiger partial charge in [-0.25, -0.2) is 4.79 Å². The van der Waals surface area contributed by atoms with Crippen LogP contribution in [0.4, 0.5) is 0 Å². The van der Waals surface area contributed by atoms with Gasteiger partial charge in [0.1, 0.15) is 6.10 Å². The van der Waals surface area contributed by atoms with Crippen molar-refractivity contribution in [2.75, 3.05) is 14.1 Å². The molecule has 4 nitrogen and oxygen atoms in total. The van der Waals surface area contributed by atoms with Gasteiger partial charge in [-0.3, -0.25) is 0 Å². The minimum Gasteiger partial charge on any atom is -0.458 e. The number of aliphatic hydroxyl groups is 1. The molecular formula is C21H25NO3. The van der Waals surface area contributed by atoms with Gasteiger partial charge in [0.05, 0.1) is 0 Å². The summed E-state index contributed by atoms with van der Waals surface area (Å²) >= 11 is 0. The zero-order valence-electron chi connectivity index (χ0n) is 14.8. The maximum absolute atomic E-state index is 13.1. The summed E-state index contributed by atoms with van der Waals surface area (Å²) in [7, 11) is 3.99. The fourth-order valence-corrected chi connectivity index (χ4v) is 3.62. The van der Waals surface area contributed by atoms with Crippen LogP contribution in [0.25, 0.3) is 0 Å². The fourth-order valence-electron chi connectivity index (χ4n) is 3.62. The maximum atomic E-state index is 13.1. The Morgan fingerprint density at radius 1 is 1.00 bits per heavy atom. The van der Waals surface area contributed by atoms with Gasteiger partial charge in [-0.15, -0.1) is 0 Å². The number of hydrogen-bond donors (Lipinski definition) is 1. The molecule has 25 heavy (non-hydrogen) atoms. The summed E-state index contributed by atoms with van der Waals surface area (Å²) in [5.74, 6) is -0.608. The Labute approximate surface area is 149 Å². The number of esters is 1. The van der Waals surface area contributed by atoms with Gasteiger partial charge in [0, 0.05) is 6.04 Å². The zero-order chi connectivity index (χ0) is 17.9.